The quantitative estimate of drug-likeness (QED) is 0.723. The van der Waals surface area contributed by atoms with E-state index < -0.39 is 0 Å². The first-order valence-corrected chi connectivity index (χ1v) is 6.74. The Balaban J connectivity index is 1.99. The van der Waals surface area contributed by atoms with Crippen molar-refractivity contribution in [3.63, 3.8) is 0 Å². The molecule has 1 heterocycles. The summed E-state index contributed by atoms with van der Waals surface area (Å²) < 4.78 is 0. The van der Waals surface area contributed by atoms with Crippen molar-refractivity contribution in [3.8, 4) is 0 Å². The van der Waals surface area contributed by atoms with Gasteiger partial charge in [0.25, 0.3) is 0 Å². The van der Waals surface area contributed by atoms with Gasteiger partial charge in [-0.15, -0.1) is 0 Å². The molecule has 0 spiro atoms. The molecule has 0 aliphatic heterocycles. The molecule has 2 heteroatoms. The molecule has 1 aliphatic rings. The van der Waals surface area contributed by atoms with Crippen LogP contribution < -0.4 is 0 Å². The van der Waals surface area contributed by atoms with Gasteiger partial charge in [0.05, 0.1) is 0 Å². The summed E-state index contributed by atoms with van der Waals surface area (Å²) in [4.78, 5) is 15.2. The van der Waals surface area contributed by atoms with Crippen LogP contribution in [0.25, 0.3) is 0 Å². The van der Waals surface area contributed by atoms with Gasteiger partial charge in [-0.25, -0.2) is 0 Å². The monoisotopic (exact) mass is 231 g/mol. The number of rotatable bonds is 5. The van der Waals surface area contributed by atoms with Crippen LogP contribution in [0.15, 0.2) is 24.4 Å². The third-order valence-corrected chi connectivity index (χ3v) is 3.83. The van der Waals surface area contributed by atoms with E-state index in [9.17, 15) is 4.79 Å². The van der Waals surface area contributed by atoms with Gasteiger partial charge in [0, 0.05) is 24.2 Å². The molecular formula is C15H21NO. The maximum Gasteiger partial charge on any atom is 0.120 e. The first-order chi connectivity index (χ1) is 8.40. The third kappa shape index (κ3) is 3.65. The molecule has 2 rings (SSSR count). The van der Waals surface area contributed by atoms with Crippen molar-refractivity contribution >= 4 is 6.29 Å². The summed E-state index contributed by atoms with van der Waals surface area (Å²) in [7, 11) is 0. The number of pyridine rings is 1. The molecule has 0 bridgehead atoms. The minimum absolute atomic E-state index is 0.330. The van der Waals surface area contributed by atoms with Crippen molar-refractivity contribution in [2.75, 3.05) is 0 Å². The van der Waals surface area contributed by atoms with Crippen molar-refractivity contribution in [2.45, 2.75) is 50.9 Å². The average molecular weight is 231 g/mol. The summed E-state index contributed by atoms with van der Waals surface area (Å²) >= 11 is 0. The van der Waals surface area contributed by atoms with E-state index in [0.29, 0.717) is 12.3 Å². The van der Waals surface area contributed by atoms with Crippen molar-refractivity contribution < 1.29 is 4.79 Å². The van der Waals surface area contributed by atoms with Gasteiger partial charge in [-0.05, 0) is 24.5 Å². The zero-order chi connectivity index (χ0) is 11.9. The Labute approximate surface area is 103 Å². The summed E-state index contributed by atoms with van der Waals surface area (Å²) in [5.74, 6) is 1.13. The van der Waals surface area contributed by atoms with Gasteiger partial charge in [-0.3, -0.25) is 4.98 Å². The third-order valence-electron chi connectivity index (χ3n) is 3.83. The van der Waals surface area contributed by atoms with Gasteiger partial charge < -0.3 is 4.79 Å². The largest absolute Gasteiger partial charge is 0.303 e. The highest BCUT2D eigenvalue weighted by molar-refractivity contribution is 5.51. The Hall–Kier alpha value is -1.18. The highest BCUT2D eigenvalue weighted by atomic mass is 16.1. The van der Waals surface area contributed by atoms with Crippen LogP contribution in [0.4, 0.5) is 0 Å². The number of aldehydes is 1. The fraction of sp³-hybridized carbons (Fsp3) is 0.600. The van der Waals surface area contributed by atoms with E-state index in [1.165, 1.54) is 32.1 Å². The lowest BCUT2D eigenvalue weighted by Crippen LogP contribution is -2.12. The maximum absolute atomic E-state index is 10.8. The van der Waals surface area contributed by atoms with Crippen molar-refractivity contribution in [1.82, 2.24) is 4.98 Å². The lowest BCUT2D eigenvalue weighted by atomic mass is 9.81. The summed E-state index contributed by atoms with van der Waals surface area (Å²) in [6, 6.07) is 6.00. The standard InChI is InChI=1S/C15H21NO/c17-11-9-14(15-8-4-5-10-16-15)12-13-6-2-1-3-7-13/h4-5,8,10-11,13-14H,1-3,6-7,9,12H2. The van der Waals surface area contributed by atoms with Gasteiger partial charge in [0.2, 0.25) is 0 Å². The Morgan fingerprint density at radius 2 is 2.12 bits per heavy atom. The molecule has 1 aromatic rings. The molecule has 0 N–H and O–H groups in total. The molecular weight excluding hydrogens is 210 g/mol. The second-order valence-corrected chi connectivity index (χ2v) is 5.09. The minimum Gasteiger partial charge on any atom is -0.303 e. The lowest BCUT2D eigenvalue weighted by molar-refractivity contribution is -0.108. The van der Waals surface area contributed by atoms with Gasteiger partial charge in [-0.1, -0.05) is 38.2 Å². The molecule has 0 saturated heterocycles. The Morgan fingerprint density at radius 3 is 2.76 bits per heavy atom. The molecule has 17 heavy (non-hydrogen) atoms. The van der Waals surface area contributed by atoms with E-state index in [2.05, 4.69) is 11.1 Å². The summed E-state index contributed by atoms with van der Waals surface area (Å²) in [5.41, 5.74) is 1.09. The molecule has 1 aromatic heterocycles. The predicted molar refractivity (Wildman–Crippen MR) is 68.9 cm³/mol. The van der Waals surface area contributed by atoms with E-state index >= 15 is 0 Å². The minimum atomic E-state index is 0.330. The van der Waals surface area contributed by atoms with Crippen LogP contribution in [-0.4, -0.2) is 11.3 Å². The number of aromatic nitrogens is 1. The smallest absolute Gasteiger partial charge is 0.120 e. The molecule has 1 unspecified atom stereocenters. The van der Waals surface area contributed by atoms with E-state index in [4.69, 9.17) is 0 Å². The number of hydrogen-bond acceptors (Lipinski definition) is 2. The Bertz CT molecular complexity index is 330. The van der Waals surface area contributed by atoms with Crippen LogP contribution in [0.1, 0.15) is 56.6 Å². The van der Waals surface area contributed by atoms with Crippen molar-refractivity contribution in [1.29, 1.82) is 0 Å². The molecule has 0 aromatic carbocycles. The van der Waals surface area contributed by atoms with Crippen LogP contribution in [0.2, 0.25) is 0 Å². The molecule has 92 valence electrons. The van der Waals surface area contributed by atoms with Crippen molar-refractivity contribution in [3.05, 3.63) is 30.1 Å². The highest BCUT2D eigenvalue weighted by Crippen LogP contribution is 2.33. The van der Waals surface area contributed by atoms with E-state index in [0.717, 1.165) is 24.3 Å². The highest BCUT2D eigenvalue weighted by Gasteiger charge is 2.20. The van der Waals surface area contributed by atoms with Crippen LogP contribution in [0.5, 0.6) is 0 Å². The zero-order valence-corrected chi connectivity index (χ0v) is 10.3. The SMILES string of the molecule is O=CCC(CC1CCCCC1)c1ccccn1. The van der Waals surface area contributed by atoms with Crippen LogP contribution in [0.3, 0.4) is 0 Å². The van der Waals surface area contributed by atoms with E-state index in [1.807, 2.05) is 18.3 Å². The topological polar surface area (TPSA) is 30.0 Å². The van der Waals surface area contributed by atoms with Crippen LogP contribution >= 0.6 is 0 Å². The second kappa shape index (κ2) is 6.53. The summed E-state index contributed by atoms with van der Waals surface area (Å²) in [6.07, 6.45) is 11.4. The number of carbonyl (C=O) groups excluding carboxylic acids is 1. The first-order valence-electron chi connectivity index (χ1n) is 6.74. The number of carbonyl (C=O) groups is 1. The normalized spacial score (nSPS) is 18.8. The van der Waals surface area contributed by atoms with Crippen molar-refractivity contribution in [2.24, 2.45) is 5.92 Å². The van der Waals surface area contributed by atoms with Gasteiger partial charge in [0.15, 0.2) is 0 Å². The number of hydrogen-bond donors (Lipinski definition) is 0. The van der Waals surface area contributed by atoms with Gasteiger partial charge >= 0.3 is 0 Å². The van der Waals surface area contributed by atoms with Gasteiger partial charge in [-0.2, -0.15) is 0 Å². The first kappa shape index (κ1) is 12.3. The zero-order valence-electron chi connectivity index (χ0n) is 10.3. The molecule has 1 saturated carbocycles. The van der Waals surface area contributed by atoms with Crippen LogP contribution in [-0.2, 0) is 4.79 Å². The fourth-order valence-electron chi connectivity index (χ4n) is 2.90. The predicted octanol–water partition coefficient (Wildman–Crippen LogP) is 3.72. The van der Waals surface area contributed by atoms with Crippen LogP contribution in [0, 0.1) is 5.92 Å². The maximum atomic E-state index is 10.8. The molecule has 1 fully saturated rings. The molecule has 1 atom stereocenters. The van der Waals surface area contributed by atoms with E-state index in [1.54, 1.807) is 0 Å². The molecule has 0 radical (unpaired) electrons. The Morgan fingerprint density at radius 1 is 1.29 bits per heavy atom. The van der Waals surface area contributed by atoms with Gasteiger partial charge in [0.1, 0.15) is 6.29 Å². The second-order valence-electron chi connectivity index (χ2n) is 5.09. The Kier molecular flexibility index (Phi) is 4.72. The molecule has 0 amide bonds. The summed E-state index contributed by atoms with van der Waals surface area (Å²) in [5, 5.41) is 0. The fourth-order valence-corrected chi connectivity index (χ4v) is 2.90. The number of nitrogens with zero attached hydrogens (tertiary/aromatic N) is 1. The lowest BCUT2D eigenvalue weighted by Gasteiger charge is -2.25. The molecule has 1 aliphatic carbocycles. The molecule has 2 nitrogen and oxygen atoms in total. The van der Waals surface area contributed by atoms with E-state index in [-0.39, 0.29) is 0 Å². The summed E-state index contributed by atoms with van der Waals surface area (Å²) in [6.45, 7) is 0. The average Bonchev–Trinajstić information content (AvgIpc) is 2.40.